The van der Waals surface area contributed by atoms with Crippen LogP contribution in [0.2, 0.25) is 0 Å². The van der Waals surface area contributed by atoms with Crippen molar-refractivity contribution in [2.45, 2.75) is 13.0 Å². The first-order chi connectivity index (χ1) is 18.1. The number of aromatic nitrogens is 3. The van der Waals surface area contributed by atoms with Gasteiger partial charge < -0.3 is 24.2 Å². The Bertz CT molecular complexity index is 1230. The minimum absolute atomic E-state index is 0.0684. The first-order valence-electron chi connectivity index (χ1n) is 12.6. The summed E-state index contributed by atoms with van der Waals surface area (Å²) in [5, 5.41) is 4.04. The summed E-state index contributed by atoms with van der Waals surface area (Å²) in [5.74, 6) is 0.611. The lowest BCUT2D eigenvalue weighted by Gasteiger charge is -2.30. The van der Waals surface area contributed by atoms with Gasteiger partial charge in [-0.1, -0.05) is 12.1 Å². The molecule has 37 heavy (non-hydrogen) atoms. The minimum atomic E-state index is -0.105. The van der Waals surface area contributed by atoms with Gasteiger partial charge in [0.15, 0.2) is 0 Å². The molecule has 1 fully saturated rings. The van der Waals surface area contributed by atoms with Crippen molar-refractivity contribution in [3.8, 4) is 5.75 Å². The van der Waals surface area contributed by atoms with Gasteiger partial charge in [-0.15, -0.1) is 0 Å². The summed E-state index contributed by atoms with van der Waals surface area (Å²) >= 11 is 0. The number of anilines is 1. The van der Waals surface area contributed by atoms with Gasteiger partial charge >= 0.3 is 0 Å². The smallest absolute Gasteiger partial charge is 0.253 e. The first kappa shape index (κ1) is 24.8. The molecule has 10 nitrogen and oxygen atoms in total. The van der Waals surface area contributed by atoms with Crippen molar-refractivity contribution in [1.82, 2.24) is 24.6 Å². The number of fused-ring (bicyclic) bond motifs is 3. The van der Waals surface area contributed by atoms with Crippen molar-refractivity contribution >= 4 is 17.5 Å². The van der Waals surface area contributed by atoms with Crippen LogP contribution in [0.25, 0.3) is 0 Å². The molecule has 3 heterocycles. The van der Waals surface area contributed by atoms with E-state index in [9.17, 15) is 9.59 Å². The molecule has 2 bridgehead atoms. The quantitative estimate of drug-likeness (QED) is 0.536. The molecule has 2 aliphatic rings. The Balaban J connectivity index is 1.43. The Morgan fingerprint density at radius 3 is 2.68 bits per heavy atom. The van der Waals surface area contributed by atoms with Gasteiger partial charge in [-0.25, -0.2) is 9.67 Å². The van der Waals surface area contributed by atoms with E-state index in [1.54, 1.807) is 16.8 Å². The maximum atomic E-state index is 13.2. The van der Waals surface area contributed by atoms with Crippen LogP contribution in [-0.4, -0.2) is 96.0 Å². The number of ether oxygens (including phenoxy) is 2. The highest BCUT2D eigenvalue weighted by molar-refractivity contribution is 5.94. The van der Waals surface area contributed by atoms with Crippen LogP contribution >= 0.6 is 0 Å². The van der Waals surface area contributed by atoms with E-state index in [1.807, 2.05) is 30.3 Å². The van der Waals surface area contributed by atoms with Crippen molar-refractivity contribution in [1.29, 1.82) is 0 Å². The molecule has 2 aromatic carbocycles. The van der Waals surface area contributed by atoms with Gasteiger partial charge in [0.1, 0.15) is 31.6 Å². The van der Waals surface area contributed by atoms with E-state index >= 15 is 0 Å². The molecule has 2 aliphatic heterocycles. The molecule has 0 atom stereocenters. The first-order valence-corrected chi connectivity index (χ1v) is 12.6. The summed E-state index contributed by atoms with van der Waals surface area (Å²) in [6, 6.07) is 14.0. The van der Waals surface area contributed by atoms with Crippen LogP contribution in [0, 0.1) is 0 Å². The van der Waals surface area contributed by atoms with E-state index in [-0.39, 0.29) is 18.4 Å². The third kappa shape index (κ3) is 6.08. The molecule has 0 spiro atoms. The number of rotatable bonds is 3. The highest BCUT2D eigenvalue weighted by Gasteiger charge is 2.20. The standard InChI is InChI=1S/C27H32N6O4/c1-30-7-8-32(26(34)18-33-20-28-19-29-33)11-14-37-25-6-5-24(31-9-12-36-13-10-31)17-23(25)16-21-3-2-4-22(15-21)27(30)35/h2-6,15,17,19-20H,7-14,16,18H2,1H3. The molecule has 5 rings (SSSR count). The van der Waals surface area contributed by atoms with Crippen LogP contribution in [0.3, 0.4) is 0 Å². The van der Waals surface area contributed by atoms with Gasteiger partial charge in [-0.05, 0) is 35.9 Å². The summed E-state index contributed by atoms with van der Waals surface area (Å²) in [4.78, 5) is 35.8. The van der Waals surface area contributed by atoms with E-state index in [2.05, 4.69) is 27.1 Å². The van der Waals surface area contributed by atoms with E-state index in [4.69, 9.17) is 9.47 Å². The van der Waals surface area contributed by atoms with Crippen molar-refractivity contribution in [2.24, 2.45) is 0 Å². The minimum Gasteiger partial charge on any atom is -0.491 e. The zero-order valence-electron chi connectivity index (χ0n) is 21.1. The molecular formula is C27H32N6O4. The predicted octanol–water partition coefficient (Wildman–Crippen LogP) is 1.70. The van der Waals surface area contributed by atoms with Crippen LogP contribution in [0.1, 0.15) is 21.5 Å². The molecule has 0 radical (unpaired) electrons. The number of morpholine rings is 1. The third-order valence-corrected chi connectivity index (χ3v) is 6.78. The number of carbonyl (C=O) groups is 2. The topological polar surface area (TPSA) is 93.0 Å². The maximum Gasteiger partial charge on any atom is 0.253 e. The van der Waals surface area contributed by atoms with Gasteiger partial charge in [0, 0.05) is 56.5 Å². The fraction of sp³-hybridized carbons (Fsp3) is 0.407. The van der Waals surface area contributed by atoms with Crippen LogP contribution < -0.4 is 9.64 Å². The molecule has 10 heteroatoms. The molecule has 1 aromatic heterocycles. The number of benzene rings is 2. The third-order valence-electron chi connectivity index (χ3n) is 6.78. The number of carbonyl (C=O) groups excluding carboxylic acids is 2. The highest BCUT2D eigenvalue weighted by Crippen LogP contribution is 2.28. The lowest BCUT2D eigenvalue weighted by molar-refractivity contribution is -0.132. The number of hydrogen-bond donors (Lipinski definition) is 0. The molecule has 3 aromatic rings. The summed E-state index contributed by atoms with van der Waals surface area (Å²) in [6.45, 7) is 4.73. The number of hydrogen-bond acceptors (Lipinski definition) is 7. The molecule has 0 saturated carbocycles. The monoisotopic (exact) mass is 504 g/mol. The average molecular weight is 505 g/mol. The Hall–Kier alpha value is -3.92. The molecular weight excluding hydrogens is 472 g/mol. The zero-order chi connectivity index (χ0) is 25.6. The van der Waals surface area contributed by atoms with Gasteiger partial charge in [0.25, 0.3) is 5.91 Å². The Labute approximate surface area is 216 Å². The largest absolute Gasteiger partial charge is 0.491 e. The fourth-order valence-electron chi connectivity index (χ4n) is 4.67. The zero-order valence-corrected chi connectivity index (χ0v) is 21.1. The van der Waals surface area contributed by atoms with E-state index < -0.39 is 0 Å². The summed E-state index contributed by atoms with van der Waals surface area (Å²) in [7, 11) is 1.77. The molecule has 194 valence electrons. The van der Waals surface area contributed by atoms with E-state index in [0.717, 1.165) is 35.7 Å². The molecule has 1 saturated heterocycles. The second-order valence-electron chi connectivity index (χ2n) is 9.32. The lowest BCUT2D eigenvalue weighted by Crippen LogP contribution is -2.42. The lowest BCUT2D eigenvalue weighted by atomic mass is 10.0. The normalized spacial score (nSPS) is 17.1. The fourth-order valence-corrected chi connectivity index (χ4v) is 4.67. The van der Waals surface area contributed by atoms with Crippen molar-refractivity contribution in [3.63, 3.8) is 0 Å². The van der Waals surface area contributed by atoms with Crippen molar-refractivity contribution < 1.29 is 19.1 Å². The number of nitrogens with zero attached hydrogens (tertiary/aromatic N) is 6. The summed E-state index contributed by atoms with van der Waals surface area (Å²) < 4.78 is 13.3. The molecule has 0 N–H and O–H groups in total. The van der Waals surface area contributed by atoms with Crippen LogP contribution in [-0.2, 0) is 22.5 Å². The molecule has 2 amide bonds. The maximum absolute atomic E-state index is 13.2. The highest BCUT2D eigenvalue weighted by atomic mass is 16.5. The van der Waals surface area contributed by atoms with Crippen LogP contribution in [0.4, 0.5) is 5.69 Å². The predicted molar refractivity (Wildman–Crippen MR) is 138 cm³/mol. The SMILES string of the molecule is CN1CCN(C(=O)Cn2cncn2)CCOc2ccc(N3CCOCC3)cc2Cc2cccc(c2)C1=O. The van der Waals surface area contributed by atoms with Crippen molar-refractivity contribution in [2.75, 3.05) is 64.5 Å². The van der Waals surface area contributed by atoms with Gasteiger partial charge in [-0.3, -0.25) is 9.59 Å². The Morgan fingerprint density at radius 1 is 1.00 bits per heavy atom. The molecule has 0 aliphatic carbocycles. The second kappa shape index (κ2) is 11.4. The second-order valence-corrected chi connectivity index (χ2v) is 9.32. The number of amides is 2. The summed E-state index contributed by atoms with van der Waals surface area (Å²) in [5.41, 5.74) is 3.84. The van der Waals surface area contributed by atoms with Crippen LogP contribution in [0.15, 0.2) is 55.1 Å². The van der Waals surface area contributed by atoms with Gasteiger partial charge in [-0.2, -0.15) is 5.10 Å². The number of likely N-dealkylation sites (N-methyl/N-ethyl adjacent to an activating group) is 1. The Morgan fingerprint density at radius 2 is 1.86 bits per heavy atom. The van der Waals surface area contributed by atoms with E-state index in [0.29, 0.717) is 51.4 Å². The van der Waals surface area contributed by atoms with E-state index in [1.165, 1.54) is 17.3 Å². The summed E-state index contributed by atoms with van der Waals surface area (Å²) in [6.07, 6.45) is 3.55. The Kier molecular flexibility index (Phi) is 7.65. The van der Waals surface area contributed by atoms with Gasteiger partial charge in [0.05, 0.1) is 19.8 Å². The van der Waals surface area contributed by atoms with Crippen LogP contribution in [0.5, 0.6) is 5.75 Å². The molecule has 0 unspecified atom stereocenters. The van der Waals surface area contributed by atoms with Gasteiger partial charge in [0.2, 0.25) is 5.91 Å². The average Bonchev–Trinajstić information content (AvgIpc) is 3.44. The van der Waals surface area contributed by atoms with Crippen molar-refractivity contribution in [3.05, 3.63) is 71.8 Å².